The van der Waals surface area contributed by atoms with Crippen LogP contribution in [0.5, 0.6) is 0 Å². The van der Waals surface area contributed by atoms with Crippen LogP contribution in [0.25, 0.3) is 0 Å². The first-order valence-electron chi connectivity index (χ1n) is 9.78. The van der Waals surface area contributed by atoms with Gasteiger partial charge in [0, 0.05) is 31.7 Å². The molecule has 1 amide bonds. The fourth-order valence-electron chi connectivity index (χ4n) is 3.75. The third-order valence-electron chi connectivity index (χ3n) is 5.53. The van der Waals surface area contributed by atoms with Gasteiger partial charge in [0.2, 0.25) is 10.0 Å². The number of hydrogen-bond donors (Lipinski definition) is 0. The molecule has 0 saturated carbocycles. The molecule has 1 aromatic rings. The van der Waals surface area contributed by atoms with Gasteiger partial charge in [-0.05, 0) is 51.1 Å². The Morgan fingerprint density at radius 1 is 1.25 bits per heavy atom. The highest BCUT2D eigenvalue weighted by atomic mass is 35.5. The third-order valence-corrected chi connectivity index (χ3v) is 7.75. The Morgan fingerprint density at radius 2 is 1.93 bits per heavy atom. The number of benzene rings is 1. The Labute approximate surface area is 171 Å². The smallest absolute Gasteiger partial charge is 0.254 e. The molecule has 0 aliphatic carbocycles. The van der Waals surface area contributed by atoms with Crippen LogP contribution < -0.4 is 0 Å². The second kappa shape index (κ2) is 9.07. The average molecular weight is 432 g/mol. The number of rotatable bonds is 7. The minimum absolute atomic E-state index is 0.0466. The van der Waals surface area contributed by atoms with Crippen LogP contribution in [0.2, 0.25) is 5.02 Å². The number of carbonyl (C=O) groups excluding carboxylic acids is 1. The number of carbonyl (C=O) groups is 1. The van der Waals surface area contributed by atoms with Gasteiger partial charge in [0.25, 0.3) is 5.91 Å². The van der Waals surface area contributed by atoms with Crippen LogP contribution in [0.4, 0.5) is 4.39 Å². The molecule has 0 N–H and O–H groups in total. The van der Waals surface area contributed by atoms with Crippen molar-refractivity contribution in [1.82, 2.24) is 14.1 Å². The van der Waals surface area contributed by atoms with Gasteiger partial charge in [-0.25, -0.2) is 12.8 Å². The van der Waals surface area contributed by atoms with Gasteiger partial charge < -0.3 is 9.80 Å². The van der Waals surface area contributed by atoms with Crippen molar-refractivity contribution in [2.45, 2.75) is 32.2 Å². The molecule has 6 nitrogen and oxygen atoms in total. The van der Waals surface area contributed by atoms with Crippen molar-refractivity contribution < 1.29 is 17.6 Å². The summed E-state index contributed by atoms with van der Waals surface area (Å²) in [5.74, 6) is -0.786. The van der Waals surface area contributed by atoms with Crippen molar-refractivity contribution in [2.24, 2.45) is 0 Å². The molecule has 1 aromatic carbocycles. The van der Waals surface area contributed by atoms with Crippen molar-refractivity contribution in [1.29, 1.82) is 0 Å². The third kappa shape index (κ3) is 4.84. The lowest BCUT2D eigenvalue weighted by Crippen LogP contribution is -2.63. The quantitative estimate of drug-likeness (QED) is 0.665. The molecule has 156 valence electrons. The largest absolute Gasteiger partial charge is 0.335 e. The zero-order valence-electron chi connectivity index (χ0n) is 16.1. The van der Waals surface area contributed by atoms with Crippen molar-refractivity contribution in [3.8, 4) is 0 Å². The van der Waals surface area contributed by atoms with Crippen LogP contribution in [-0.4, -0.2) is 79.5 Å². The van der Waals surface area contributed by atoms with E-state index in [1.807, 2.05) is 0 Å². The van der Waals surface area contributed by atoms with Crippen molar-refractivity contribution >= 4 is 27.5 Å². The first kappa shape index (κ1) is 21.5. The summed E-state index contributed by atoms with van der Waals surface area (Å²) in [5.41, 5.74) is 0.308. The van der Waals surface area contributed by atoms with Gasteiger partial charge in [-0.15, -0.1) is 0 Å². The molecule has 0 bridgehead atoms. The molecule has 0 unspecified atom stereocenters. The van der Waals surface area contributed by atoms with E-state index in [4.69, 9.17) is 11.6 Å². The lowest BCUT2D eigenvalue weighted by molar-refractivity contribution is 0.0436. The summed E-state index contributed by atoms with van der Waals surface area (Å²) >= 11 is 5.76. The van der Waals surface area contributed by atoms with E-state index in [0.717, 1.165) is 32.5 Å². The predicted molar refractivity (Wildman–Crippen MR) is 108 cm³/mol. The van der Waals surface area contributed by atoms with Crippen LogP contribution in [0.1, 0.15) is 36.5 Å². The minimum atomic E-state index is -3.35. The molecule has 0 radical (unpaired) electrons. The molecule has 2 saturated heterocycles. The topological polar surface area (TPSA) is 60.9 Å². The molecule has 9 heteroatoms. The highest BCUT2D eigenvalue weighted by Crippen LogP contribution is 2.23. The molecule has 2 fully saturated rings. The second-order valence-electron chi connectivity index (χ2n) is 7.41. The summed E-state index contributed by atoms with van der Waals surface area (Å²) in [5, 5.41) is -0.0976. The van der Waals surface area contributed by atoms with Gasteiger partial charge in [0.15, 0.2) is 0 Å². The number of amides is 1. The number of halogens is 2. The standard InChI is InChI=1S/C19H27ClFN3O3S/c1-2-28(26,27)24(11-10-22-8-4-3-5-9-22)16-13-23(14-16)19(25)15-6-7-18(21)17(20)12-15/h6-7,12,16H,2-5,8-11,13-14H2,1H3. The summed E-state index contributed by atoms with van der Waals surface area (Å²) < 4.78 is 40.0. The zero-order chi connectivity index (χ0) is 20.3. The van der Waals surface area contributed by atoms with Gasteiger partial charge in [-0.2, -0.15) is 4.31 Å². The van der Waals surface area contributed by atoms with E-state index >= 15 is 0 Å². The highest BCUT2D eigenvalue weighted by molar-refractivity contribution is 7.89. The first-order chi connectivity index (χ1) is 13.3. The lowest BCUT2D eigenvalue weighted by atomic mass is 10.1. The molecule has 2 aliphatic heterocycles. The highest BCUT2D eigenvalue weighted by Gasteiger charge is 2.40. The number of likely N-dealkylation sites (tertiary alicyclic amines) is 2. The fourth-order valence-corrected chi connectivity index (χ4v) is 5.21. The molecule has 2 aliphatic rings. The summed E-state index contributed by atoms with van der Waals surface area (Å²) in [4.78, 5) is 16.4. The van der Waals surface area contributed by atoms with Crippen molar-refractivity contribution in [3.05, 3.63) is 34.6 Å². The maximum Gasteiger partial charge on any atom is 0.254 e. The Morgan fingerprint density at radius 3 is 2.54 bits per heavy atom. The normalized spacial score (nSPS) is 19.1. The Bertz CT molecular complexity index is 809. The summed E-state index contributed by atoms with van der Waals surface area (Å²) in [6.07, 6.45) is 3.56. The average Bonchev–Trinajstić information content (AvgIpc) is 2.65. The molecule has 28 heavy (non-hydrogen) atoms. The number of sulfonamides is 1. The maximum atomic E-state index is 13.3. The van der Waals surface area contributed by atoms with Crippen LogP contribution in [0, 0.1) is 5.82 Å². The molecule has 0 aromatic heterocycles. The van der Waals surface area contributed by atoms with Gasteiger partial charge in [0.05, 0.1) is 16.8 Å². The number of nitrogens with zero attached hydrogens (tertiary/aromatic N) is 3. The molecule has 0 spiro atoms. The van der Waals surface area contributed by atoms with E-state index in [1.54, 1.807) is 16.1 Å². The molecule has 2 heterocycles. The van der Waals surface area contributed by atoms with Crippen LogP contribution >= 0.6 is 11.6 Å². The van der Waals surface area contributed by atoms with Gasteiger partial charge in [-0.1, -0.05) is 18.0 Å². The van der Waals surface area contributed by atoms with Crippen LogP contribution in [0.3, 0.4) is 0 Å². The zero-order valence-corrected chi connectivity index (χ0v) is 17.7. The molecular weight excluding hydrogens is 405 g/mol. The SMILES string of the molecule is CCS(=O)(=O)N(CCN1CCCCC1)C1CN(C(=O)c2ccc(F)c(Cl)c2)C1. The van der Waals surface area contributed by atoms with E-state index in [2.05, 4.69) is 4.90 Å². The Balaban J connectivity index is 1.61. The summed E-state index contributed by atoms with van der Waals surface area (Å²) in [7, 11) is -3.35. The van der Waals surface area contributed by atoms with Crippen LogP contribution in [0.15, 0.2) is 18.2 Å². The molecule has 0 atom stereocenters. The summed E-state index contributed by atoms with van der Waals surface area (Å²) in [6.45, 7) is 5.52. The van der Waals surface area contributed by atoms with E-state index < -0.39 is 15.8 Å². The number of hydrogen-bond acceptors (Lipinski definition) is 4. The van der Waals surface area contributed by atoms with E-state index in [9.17, 15) is 17.6 Å². The van der Waals surface area contributed by atoms with Gasteiger partial charge in [0.1, 0.15) is 5.82 Å². The lowest BCUT2D eigenvalue weighted by Gasteiger charge is -2.45. The maximum absolute atomic E-state index is 13.3. The summed E-state index contributed by atoms with van der Waals surface area (Å²) in [6, 6.07) is 3.66. The fraction of sp³-hybridized carbons (Fsp3) is 0.632. The van der Waals surface area contributed by atoms with Crippen molar-refractivity contribution in [3.63, 3.8) is 0 Å². The number of piperidine rings is 1. The molecular formula is C19H27ClFN3O3S. The monoisotopic (exact) mass is 431 g/mol. The van der Waals surface area contributed by atoms with E-state index in [0.29, 0.717) is 25.2 Å². The van der Waals surface area contributed by atoms with Gasteiger partial charge in [-0.3, -0.25) is 4.79 Å². The predicted octanol–water partition coefficient (Wildman–Crippen LogP) is 2.44. The Kier molecular flexibility index (Phi) is 6.96. The van der Waals surface area contributed by atoms with E-state index in [1.165, 1.54) is 24.6 Å². The minimum Gasteiger partial charge on any atom is -0.335 e. The first-order valence-corrected chi connectivity index (χ1v) is 11.8. The van der Waals surface area contributed by atoms with E-state index in [-0.39, 0.29) is 22.7 Å². The van der Waals surface area contributed by atoms with Crippen molar-refractivity contribution in [2.75, 3.05) is 45.0 Å². The second-order valence-corrected chi connectivity index (χ2v) is 10.0. The van der Waals surface area contributed by atoms with Crippen LogP contribution in [-0.2, 0) is 10.0 Å². The Hall–Kier alpha value is -1.22. The molecule has 3 rings (SSSR count). The van der Waals surface area contributed by atoms with Gasteiger partial charge >= 0.3 is 0 Å².